The number of amides is 1. The molecule has 1 saturated heterocycles. The van der Waals surface area contributed by atoms with E-state index in [4.69, 9.17) is 4.74 Å². The molecule has 1 aromatic rings. The van der Waals surface area contributed by atoms with E-state index in [0.29, 0.717) is 25.3 Å². The second-order valence-electron chi connectivity index (χ2n) is 6.82. The van der Waals surface area contributed by atoms with Crippen LogP contribution in [0.25, 0.3) is 0 Å². The summed E-state index contributed by atoms with van der Waals surface area (Å²) in [6, 6.07) is 6.04. The number of likely N-dealkylation sites (tertiary alicyclic amines) is 1. The summed E-state index contributed by atoms with van der Waals surface area (Å²) in [6.45, 7) is 8.51. The van der Waals surface area contributed by atoms with Crippen LogP contribution >= 0.6 is 0 Å². The summed E-state index contributed by atoms with van der Waals surface area (Å²) in [5, 5.41) is 0. The zero-order valence-electron chi connectivity index (χ0n) is 14.0. The van der Waals surface area contributed by atoms with Crippen LogP contribution in [0.15, 0.2) is 18.2 Å². The fourth-order valence-electron chi connectivity index (χ4n) is 2.88. The van der Waals surface area contributed by atoms with Gasteiger partial charge < -0.3 is 9.64 Å². The highest BCUT2D eigenvalue weighted by atomic mass is 19.1. The SMILES string of the molecule is Cc1ccc(C(C)C)c(OCC(=O)N2CCCC(C)(F)C2)c1. The average Bonchev–Trinajstić information content (AvgIpc) is 2.43. The lowest BCUT2D eigenvalue weighted by Gasteiger charge is -2.35. The maximum Gasteiger partial charge on any atom is 0.260 e. The lowest BCUT2D eigenvalue weighted by Crippen LogP contribution is -2.47. The molecular formula is C18H26FNO2. The molecule has 1 unspecified atom stereocenters. The van der Waals surface area contributed by atoms with Gasteiger partial charge in [0.25, 0.3) is 5.91 Å². The highest BCUT2D eigenvalue weighted by Gasteiger charge is 2.32. The van der Waals surface area contributed by atoms with Crippen molar-refractivity contribution in [2.24, 2.45) is 0 Å². The molecule has 22 heavy (non-hydrogen) atoms. The Kier molecular flexibility index (Phi) is 5.09. The molecule has 1 aliphatic heterocycles. The molecular weight excluding hydrogens is 281 g/mol. The van der Waals surface area contributed by atoms with Crippen LogP contribution in [0.4, 0.5) is 4.39 Å². The van der Waals surface area contributed by atoms with Crippen molar-refractivity contribution >= 4 is 5.91 Å². The molecule has 1 aliphatic rings. The van der Waals surface area contributed by atoms with E-state index < -0.39 is 5.67 Å². The number of piperidine rings is 1. The standard InChI is InChI=1S/C18H26FNO2/c1-13(2)15-7-6-14(3)10-16(15)22-11-17(21)20-9-5-8-18(4,19)12-20/h6-7,10,13H,5,8-9,11-12H2,1-4H3. The highest BCUT2D eigenvalue weighted by Crippen LogP contribution is 2.28. The van der Waals surface area contributed by atoms with Gasteiger partial charge in [0.05, 0.1) is 6.54 Å². The first-order valence-corrected chi connectivity index (χ1v) is 7.98. The predicted octanol–water partition coefficient (Wildman–Crippen LogP) is 3.85. The summed E-state index contributed by atoms with van der Waals surface area (Å²) < 4.78 is 19.8. The Bertz CT molecular complexity index is 540. The van der Waals surface area contributed by atoms with E-state index in [9.17, 15) is 9.18 Å². The van der Waals surface area contributed by atoms with Crippen molar-refractivity contribution in [3.05, 3.63) is 29.3 Å². The third-order valence-electron chi connectivity index (χ3n) is 4.14. The van der Waals surface area contributed by atoms with Crippen molar-refractivity contribution in [2.75, 3.05) is 19.7 Å². The summed E-state index contributed by atoms with van der Waals surface area (Å²) in [5.41, 5.74) is 0.911. The van der Waals surface area contributed by atoms with E-state index in [1.807, 2.05) is 25.1 Å². The van der Waals surface area contributed by atoms with E-state index >= 15 is 0 Å². The van der Waals surface area contributed by atoms with E-state index in [1.54, 1.807) is 11.8 Å². The summed E-state index contributed by atoms with van der Waals surface area (Å²) in [6.07, 6.45) is 1.23. The van der Waals surface area contributed by atoms with Gasteiger partial charge in [0.2, 0.25) is 0 Å². The molecule has 0 aromatic heterocycles. The summed E-state index contributed by atoms with van der Waals surface area (Å²) in [7, 11) is 0. The zero-order chi connectivity index (χ0) is 16.3. The molecule has 1 atom stereocenters. The second-order valence-corrected chi connectivity index (χ2v) is 6.82. The molecule has 0 aliphatic carbocycles. The first-order chi connectivity index (χ1) is 10.3. The second kappa shape index (κ2) is 6.67. The van der Waals surface area contributed by atoms with Gasteiger partial charge in [-0.15, -0.1) is 0 Å². The molecule has 0 N–H and O–H groups in total. The van der Waals surface area contributed by atoms with Crippen molar-refractivity contribution < 1.29 is 13.9 Å². The number of hydrogen-bond donors (Lipinski definition) is 0. The monoisotopic (exact) mass is 307 g/mol. The normalized spacial score (nSPS) is 22.0. The third-order valence-corrected chi connectivity index (χ3v) is 4.14. The number of nitrogens with zero attached hydrogens (tertiary/aromatic N) is 1. The highest BCUT2D eigenvalue weighted by molar-refractivity contribution is 5.78. The van der Waals surface area contributed by atoms with E-state index in [-0.39, 0.29) is 19.1 Å². The van der Waals surface area contributed by atoms with Crippen LogP contribution < -0.4 is 4.74 Å². The fraction of sp³-hybridized carbons (Fsp3) is 0.611. The molecule has 0 radical (unpaired) electrons. The zero-order valence-corrected chi connectivity index (χ0v) is 14.0. The van der Waals surface area contributed by atoms with Gasteiger partial charge in [0.1, 0.15) is 11.4 Å². The van der Waals surface area contributed by atoms with Crippen LogP contribution in [0.2, 0.25) is 0 Å². The first kappa shape index (κ1) is 16.8. The Labute approximate surface area is 132 Å². The number of ether oxygens (including phenoxy) is 1. The number of alkyl halides is 1. The molecule has 0 saturated carbocycles. The van der Waals surface area contributed by atoms with Crippen molar-refractivity contribution in [3.63, 3.8) is 0 Å². The molecule has 0 spiro atoms. The van der Waals surface area contributed by atoms with Crippen LogP contribution in [0.1, 0.15) is 50.7 Å². The molecule has 2 rings (SSSR count). The minimum atomic E-state index is -1.28. The Hall–Kier alpha value is -1.58. The number of carbonyl (C=O) groups is 1. The van der Waals surface area contributed by atoms with Gasteiger partial charge in [-0.25, -0.2) is 4.39 Å². The minimum absolute atomic E-state index is 0.0285. The lowest BCUT2D eigenvalue weighted by atomic mass is 9.97. The minimum Gasteiger partial charge on any atom is -0.483 e. The van der Waals surface area contributed by atoms with Gasteiger partial charge in [0, 0.05) is 6.54 Å². The van der Waals surface area contributed by atoms with Crippen molar-refractivity contribution in [1.82, 2.24) is 4.90 Å². The summed E-state index contributed by atoms with van der Waals surface area (Å²) >= 11 is 0. The molecule has 1 heterocycles. The van der Waals surface area contributed by atoms with Crippen molar-refractivity contribution in [1.29, 1.82) is 0 Å². The molecule has 0 bridgehead atoms. The van der Waals surface area contributed by atoms with Gasteiger partial charge in [-0.2, -0.15) is 0 Å². The number of hydrogen-bond acceptors (Lipinski definition) is 2. The Morgan fingerprint density at radius 3 is 2.82 bits per heavy atom. The topological polar surface area (TPSA) is 29.5 Å². The maximum atomic E-state index is 14.0. The van der Waals surface area contributed by atoms with Crippen molar-refractivity contribution in [3.8, 4) is 5.75 Å². The molecule has 1 amide bonds. The number of aryl methyl sites for hydroxylation is 1. The van der Waals surface area contributed by atoms with E-state index in [1.165, 1.54) is 0 Å². The molecule has 3 nitrogen and oxygen atoms in total. The van der Waals surface area contributed by atoms with E-state index in [0.717, 1.165) is 16.9 Å². The van der Waals surface area contributed by atoms with Gasteiger partial charge in [0.15, 0.2) is 6.61 Å². The smallest absolute Gasteiger partial charge is 0.260 e. The quantitative estimate of drug-likeness (QED) is 0.845. The van der Waals surface area contributed by atoms with Gasteiger partial charge in [-0.1, -0.05) is 26.0 Å². The van der Waals surface area contributed by atoms with Crippen molar-refractivity contribution in [2.45, 2.75) is 52.1 Å². The Balaban J connectivity index is 2.01. The average molecular weight is 307 g/mol. The first-order valence-electron chi connectivity index (χ1n) is 7.98. The maximum absolute atomic E-state index is 14.0. The van der Waals surface area contributed by atoms with Crippen LogP contribution in [0, 0.1) is 6.92 Å². The number of benzene rings is 1. The predicted molar refractivity (Wildman–Crippen MR) is 86.1 cm³/mol. The molecule has 4 heteroatoms. The largest absolute Gasteiger partial charge is 0.483 e. The Morgan fingerprint density at radius 1 is 1.45 bits per heavy atom. The number of halogens is 1. The van der Waals surface area contributed by atoms with Gasteiger partial charge in [-0.3, -0.25) is 4.79 Å². The van der Waals surface area contributed by atoms with Crippen LogP contribution in [0.5, 0.6) is 5.75 Å². The third kappa shape index (κ3) is 4.21. The van der Waals surface area contributed by atoms with Gasteiger partial charge >= 0.3 is 0 Å². The van der Waals surface area contributed by atoms with Crippen LogP contribution in [0.3, 0.4) is 0 Å². The summed E-state index contributed by atoms with van der Waals surface area (Å²) in [4.78, 5) is 13.8. The molecule has 1 fully saturated rings. The van der Waals surface area contributed by atoms with E-state index in [2.05, 4.69) is 13.8 Å². The summed E-state index contributed by atoms with van der Waals surface area (Å²) in [5.74, 6) is 0.943. The molecule has 122 valence electrons. The van der Waals surface area contributed by atoms with Crippen LogP contribution in [-0.4, -0.2) is 36.2 Å². The number of carbonyl (C=O) groups excluding carboxylic acids is 1. The fourth-order valence-corrected chi connectivity index (χ4v) is 2.88. The van der Waals surface area contributed by atoms with Gasteiger partial charge in [-0.05, 0) is 49.8 Å². The lowest BCUT2D eigenvalue weighted by molar-refractivity contribution is -0.137. The molecule has 1 aromatic carbocycles. The van der Waals surface area contributed by atoms with Crippen LogP contribution in [-0.2, 0) is 4.79 Å². The Morgan fingerprint density at radius 2 is 2.18 bits per heavy atom. The number of rotatable bonds is 4.